The van der Waals surface area contributed by atoms with E-state index in [1.807, 2.05) is 0 Å². The summed E-state index contributed by atoms with van der Waals surface area (Å²) in [5, 5.41) is 0. The lowest BCUT2D eigenvalue weighted by Gasteiger charge is -1.99. The Kier molecular flexibility index (Phi) is 2.63. The van der Waals surface area contributed by atoms with Crippen LogP contribution in [-0.4, -0.2) is 4.57 Å². The number of hydrogen-bond donors (Lipinski definition) is 0. The third-order valence-corrected chi connectivity index (χ3v) is 3.58. The molecule has 0 aliphatic heterocycles. The van der Waals surface area contributed by atoms with Crippen molar-refractivity contribution in [1.29, 1.82) is 0 Å². The zero-order valence-electron chi connectivity index (χ0n) is 10.8. The summed E-state index contributed by atoms with van der Waals surface area (Å²) in [5.41, 5.74) is 3.91. The maximum absolute atomic E-state index is 2.28. The van der Waals surface area contributed by atoms with Crippen LogP contribution in [0.1, 0.15) is 11.4 Å². The number of nitrogens with zero attached hydrogens (tertiary/aromatic N) is 2. The maximum Gasteiger partial charge on any atom is 0.261 e. The van der Waals surface area contributed by atoms with Gasteiger partial charge in [-0.15, -0.1) is 0 Å². The van der Waals surface area contributed by atoms with E-state index in [0.717, 1.165) is 6.42 Å². The lowest BCUT2D eigenvalue weighted by atomic mass is 10.1. The fraction of sp³-hybridized carbons (Fsp3) is 0.188. The van der Waals surface area contributed by atoms with E-state index in [1.54, 1.807) is 0 Å². The van der Waals surface area contributed by atoms with Crippen LogP contribution in [0, 0.1) is 0 Å². The van der Waals surface area contributed by atoms with Crippen molar-refractivity contribution < 1.29 is 4.57 Å². The van der Waals surface area contributed by atoms with Crippen LogP contribution in [0.3, 0.4) is 0 Å². The molecule has 0 amide bonds. The largest absolute Gasteiger partial charge is 0.261 e. The molecular weight excluding hydrogens is 220 g/mol. The highest BCUT2D eigenvalue weighted by Gasteiger charge is 2.19. The lowest BCUT2D eigenvalue weighted by Crippen LogP contribution is -2.33. The average Bonchev–Trinajstić information content (AvgIpc) is 2.66. The normalized spacial score (nSPS) is 11.0. The first-order valence-corrected chi connectivity index (χ1v) is 6.23. The first-order valence-electron chi connectivity index (χ1n) is 6.23. The number of aryl methyl sites for hydroxylation is 2. The Morgan fingerprint density at radius 3 is 2.33 bits per heavy atom. The minimum Gasteiger partial charge on any atom is -0.230 e. The summed E-state index contributed by atoms with van der Waals surface area (Å²) in [6, 6.07) is 19.1. The molecule has 0 N–H and O–H groups in total. The number of aromatic nitrogens is 2. The molecule has 18 heavy (non-hydrogen) atoms. The predicted molar refractivity (Wildman–Crippen MR) is 73.3 cm³/mol. The molecule has 2 aromatic carbocycles. The van der Waals surface area contributed by atoms with Crippen LogP contribution in [0.2, 0.25) is 0 Å². The molecule has 0 fully saturated rings. The Morgan fingerprint density at radius 2 is 1.61 bits per heavy atom. The topological polar surface area (TPSA) is 8.81 Å². The van der Waals surface area contributed by atoms with Gasteiger partial charge in [-0.2, -0.15) is 0 Å². The molecule has 0 saturated heterocycles. The Labute approximate surface area is 107 Å². The SMILES string of the molecule is Cn1c(Cc2ccccc2)[n+](C)c2ccccc21. The molecule has 1 aromatic heterocycles. The van der Waals surface area contributed by atoms with Gasteiger partial charge in [-0.25, -0.2) is 9.13 Å². The molecule has 0 saturated carbocycles. The summed E-state index contributed by atoms with van der Waals surface area (Å²) in [6.45, 7) is 0. The monoisotopic (exact) mass is 237 g/mol. The summed E-state index contributed by atoms with van der Waals surface area (Å²) in [6.07, 6.45) is 0.961. The van der Waals surface area contributed by atoms with Gasteiger partial charge in [0.2, 0.25) is 0 Å². The van der Waals surface area contributed by atoms with Gasteiger partial charge in [0, 0.05) is 0 Å². The number of fused-ring (bicyclic) bond motifs is 1. The Bertz CT molecular complexity index is 642. The van der Waals surface area contributed by atoms with Gasteiger partial charge in [0.25, 0.3) is 5.82 Å². The van der Waals surface area contributed by atoms with Gasteiger partial charge in [0.05, 0.1) is 20.5 Å². The van der Waals surface area contributed by atoms with Crippen LogP contribution in [-0.2, 0) is 20.5 Å². The van der Waals surface area contributed by atoms with Crippen LogP contribution in [0.25, 0.3) is 11.0 Å². The van der Waals surface area contributed by atoms with Crippen molar-refractivity contribution >= 4 is 11.0 Å². The highest BCUT2D eigenvalue weighted by atomic mass is 15.1. The smallest absolute Gasteiger partial charge is 0.230 e. The van der Waals surface area contributed by atoms with Crippen molar-refractivity contribution in [3.05, 3.63) is 66.0 Å². The molecule has 2 nitrogen and oxygen atoms in total. The van der Waals surface area contributed by atoms with Crippen molar-refractivity contribution in [3.8, 4) is 0 Å². The molecule has 0 aliphatic rings. The molecule has 0 aliphatic carbocycles. The second-order valence-electron chi connectivity index (χ2n) is 4.69. The van der Waals surface area contributed by atoms with E-state index < -0.39 is 0 Å². The fourth-order valence-electron chi connectivity index (χ4n) is 2.55. The van der Waals surface area contributed by atoms with Crippen LogP contribution in [0.4, 0.5) is 0 Å². The summed E-state index contributed by atoms with van der Waals surface area (Å²) in [4.78, 5) is 0. The van der Waals surface area contributed by atoms with E-state index in [0.29, 0.717) is 0 Å². The van der Waals surface area contributed by atoms with Gasteiger partial charge < -0.3 is 0 Å². The first-order chi connectivity index (χ1) is 8.77. The number of imidazole rings is 1. The minimum absolute atomic E-state index is 0.961. The van der Waals surface area contributed by atoms with E-state index in [4.69, 9.17) is 0 Å². The minimum atomic E-state index is 0.961. The average molecular weight is 237 g/mol. The number of benzene rings is 2. The van der Waals surface area contributed by atoms with Gasteiger partial charge in [-0.3, -0.25) is 0 Å². The molecule has 0 spiro atoms. The summed E-state index contributed by atoms with van der Waals surface area (Å²) >= 11 is 0. The van der Waals surface area contributed by atoms with Crippen molar-refractivity contribution in [3.63, 3.8) is 0 Å². The number of hydrogen-bond acceptors (Lipinski definition) is 0. The van der Waals surface area contributed by atoms with Crippen LogP contribution < -0.4 is 4.57 Å². The van der Waals surface area contributed by atoms with Gasteiger partial charge in [-0.1, -0.05) is 42.5 Å². The molecule has 0 unspecified atom stereocenters. The molecule has 2 heteroatoms. The van der Waals surface area contributed by atoms with E-state index in [2.05, 4.69) is 77.8 Å². The lowest BCUT2D eigenvalue weighted by molar-refractivity contribution is -0.653. The van der Waals surface area contributed by atoms with Gasteiger partial charge in [-0.05, 0) is 17.7 Å². The van der Waals surface area contributed by atoms with Crippen LogP contribution in [0.5, 0.6) is 0 Å². The molecule has 90 valence electrons. The molecule has 0 radical (unpaired) electrons. The van der Waals surface area contributed by atoms with Crippen LogP contribution in [0.15, 0.2) is 54.6 Å². The molecule has 3 rings (SSSR count). The third kappa shape index (κ3) is 1.70. The standard InChI is InChI=1S/C16H17N2/c1-17-14-10-6-7-11-15(14)18(2)16(17)12-13-8-4-3-5-9-13/h3-11H,12H2,1-2H3/q+1. The Morgan fingerprint density at radius 1 is 0.944 bits per heavy atom. The number of para-hydroxylation sites is 2. The van der Waals surface area contributed by atoms with Crippen molar-refractivity contribution in [2.24, 2.45) is 14.1 Å². The maximum atomic E-state index is 2.28. The highest BCUT2D eigenvalue weighted by molar-refractivity contribution is 5.72. The molecular formula is C16H17N2+. The van der Waals surface area contributed by atoms with E-state index >= 15 is 0 Å². The third-order valence-electron chi connectivity index (χ3n) is 3.58. The van der Waals surface area contributed by atoms with E-state index in [1.165, 1.54) is 22.4 Å². The quantitative estimate of drug-likeness (QED) is 0.606. The van der Waals surface area contributed by atoms with Crippen LogP contribution >= 0.6 is 0 Å². The molecule has 3 aromatic rings. The molecule has 1 heterocycles. The van der Waals surface area contributed by atoms with Crippen molar-refractivity contribution in [2.75, 3.05) is 0 Å². The zero-order valence-corrected chi connectivity index (χ0v) is 10.8. The highest BCUT2D eigenvalue weighted by Crippen LogP contribution is 2.14. The van der Waals surface area contributed by atoms with Gasteiger partial charge in [0.15, 0.2) is 11.0 Å². The Hall–Kier alpha value is -2.09. The zero-order chi connectivity index (χ0) is 12.5. The molecule has 0 bridgehead atoms. The van der Waals surface area contributed by atoms with Crippen molar-refractivity contribution in [1.82, 2.24) is 4.57 Å². The summed E-state index contributed by atoms with van der Waals surface area (Å²) in [5.74, 6) is 1.32. The predicted octanol–water partition coefficient (Wildman–Crippen LogP) is 2.59. The van der Waals surface area contributed by atoms with Gasteiger partial charge in [0.1, 0.15) is 0 Å². The summed E-state index contributed by atoms with van der Waals surface area (Å²) in [7, 11) is 4.28. The second kappa shape index (κ2) is 4.30. The van der Waals surface area contributed by atoms with E-state index in [-0.39, 0.29) is 0 Å². The molecule has 0 atom stereocenters. The Balaban J connectivity index is 2.12. The second-order valence-corrected chi connectivity index (χ2v) is 4.69. The fourth-order valence-corrected chi connectivity index (χ4v) is 2.55. The summed E-state index contributed by atoms with van der Waals surface area (Å²) < 4.78 is 4.56. The first kappa shape index (κ1) is 11.0. The van der Waals surface area contributed by atoms with Gasteiger partial charge >= 0.3 is 0 Å². The van der Waals surface area contributed by atoms with E-state index in [9.17, 15) is 0 Å². The van der Waals surface area contributed by atoms with Crippen molar-refractivity contribution in [2.45, 2.75) is 6.42 Å². The number of rotatable bonds is 2.